The van der Waals surface area contributed by atoms with E-state index >= 15 is 0 Å². The van der Waals surface area contributed by atoms with Crippen molar-refractivity contribution in [3.05, 3.63) is 48.3 Å². The molecular formula is C14H14F2N2O2. The number of nitrogens with zero attached hydrogens (tertiary/aromatic N) is 1. The van der Waals surface area contributed by atoms with E-state index in [0.29, 0.717) is 12.2 Å². The van der Waals surface area contributed by atoms with Gasteiger partial charge >= 0.3 is 6.61 Å². The summed E-state index contributed by atoms with van der Waals surface area (Å²) in [4.78, 5) is 4.16. The Morgan fingerprint density at radius 2 is 2.05 bits per heavy atom. The number of ether oxygens (including phenoxy) is 2. The second-order valence-corrected chi connectivity index (χ2v) is 3.92. The third kappa shape index (κ3) is 3.81. The highest BCUT2D eigenvalue weighted by Gasteiger charge is 2.11. The number of nitrogens with one attached hydrogen (secondary N) is 1. The molecule has 0 aliphatic carbocycles. The molecule has 0 unspecified atom stereocenters. The van der Waals surface area contributed by atoms with E-state index in [4.69, 9.17) is 4.74 Å². The van der Waals surface area contributed by atoms with E-state index in [1.807, 2.05) is 18.2 Å². The first-order valence-corrected chi connectivity index (χ1v) is 5.95. The minimum Gasteiger partial charge on any atom is -0.493 e. The van der Waals surface area contributed by atoms with Crippen LogP contribution in [0, 0.1) is 0 Å². The predicted octanol–water partition coefficient (Wildman–Crippen LogP) is 3.30. The molecule has 1 N–H and O–H groups in total. The predicted molar refractivity (Wildman–Crippen MR) is 71.2 cm³/mol. The van der Waals surface area contributed by atoms with Gasteiger partial charge in [-0.2, -0.15) is 8.78 Å². The van der Waals surface area contributed by atoms with Crippen molar-refractivity contribution in [2.45, 2.75) is 13.2 Å². The van der Waals surface area contributed by atoms with Gasteiger partial charge in [0.1, 0.15) is 0 Å². The molecule has 0 amide bonds. The summed E-state index contributed by atoms with van der Waals surface area (Å²) in [6.07, 6.45) is 1.69. The van der Waals surface area contributed by atoms with Crippen molar-refractivity contribution in [1.29, 1.82) is 0 Å². The number of aromatic nitrogens is 1. The Morgan fingerprint density at radius 3 is 2.70 bits per heavy atom. The number of anilines is 1. The average molecular weight is 280 g/mol. The fourth-order valence-electron chi connectivity index (χ4n) is 1.67. The summed E-state index contributed by atoms with van der Waals surface area (Å²) >= 11 is 0. The molecule has 1 heterocycles. The van der Waals surface area contributed by atoms with Crippen LogP contribution in [0.25, 0.3) is 0 Å². The standard InChI is InChI=1S/C14H14F2N2O2/c1-19-12-6-5-10(8-13(12)20-14(15)16)18-9-11-4-2-3-7-17-11/h2-8,14,18H,9H2,1H3. The highest BCUT2D eigenvalue weighted by Crippen LogP contribution is 2.31. The smallest absolute Gasteiger partial charge is 0.387 e. The van der Waals surface area contributed by atoms with E-state index in [1.165, 1.54) is 13.2 Å². The molecule has 0 saturated carbocycles. The third-order valence-electron chi connectivity index (χ3n) is 2.58. The molecule has 1 aromatic carbocycles. The zero-order valence-electron chi connectivity index (χ0n) is 10.8. The summed E-state index contributed by atoms with van der Waals surface area (Å²) in [5, 5.41) is 3.08. The third-order valence-corrected chi connectivity index (χ3v) is 2.58. The number of alkyl halides is 2. The van der Waals surface area contributed by atoms with Crippen molar-refractivity contribution >= 4 is 5.69 Å². The highest BCUT2D eigenvalue weighted by atomic mass is 19.3. The summed E-state index contributed by atoms with van der Waals surface area (Å²) in [5.41, 5.74) is 1.49. The molecule has 0 fully saturated rings. The van der Waals surface area contributed by atoms with Crippen molar-refractivity contribution in [2.24, 2.45) is 0 Å². The zero-order valence-corrected chi connectivity index (χ0v) is 10.8. The first kappa shape index (κ1) is 14.0. The quantitative estimate of drug-likeness (QED) is 0.881. The molecule has 2 rings (SSSR count). The van der Waals surface area contributed by atoms with Crippen LogP contribution in [0.3, 0.4) is 0 Å². The van der Waals surface area contributed by atoms with Gasteiger partial charge in [0.05, 0.1) is 19.3 Å². The van der Waals surface area contributed by atoms with Gasteiger partial charge < -0.3 is 14.8 Å². The van der Waals surface area contributed by atoms with Crippen molar-refractivity contribution in [1.82, 2.24) is 4.98 Å². The van der Waals surface area contributed by atoms with Gasteiger partial charge in [-0.25, -0.2) is 0 Å². The molecule has 2 aromatic rings. The highest BCUT2D eigenvalue weighted by molar-refractivity contribution is 5.54. The molecule has 1 aromatic heterocycles. The summed E-state index contributed by atoms with van der Waals surface area (Å²) in [6.45, 7) is -2.41. The number of halogens is 2. The Balaban J connectivity index is 2.08. The van der Waals surface area contributed by atoms with Crippen LogP contribution in [-0.4, -0.2) is 18.7 Å². The molecule has 0 spiro atoms. The Morgan fingerprint density at radius 1 is 1.20 bits per heavy atom. The number of hydrogen-bond acceptors (Lipinski definition) is 4. The molecule has 0 saturated heterocycles. The lowest BCUT2D eigenvalue weighted by atomic mass is 10.2. The zero-order chi connectivity index (χ0) is 14.4. The molecule has 0 atom stereocenters. The van der Waals surface area contributed by atoms with Crippen molar-refractivity contribution < 1.29 is 18.3 Å². The van der Waals surface area contributed by atoms with E-state index in [1.54, 1.807) is 18.3 Å². The lowest BCUT2D eigenvalue weighted by Crippen LogP contribution is -2.05. The fourth-order valence-corrected chi connectivity index (χ4v) is 1.67. The Labute approximate surface area is 115 Å². The van der Waals surface area contributed by atoms with E-state index in [9.17, 15) is 8.78 Å². The van der Waals surface area contributed by atoms with Gasteiger partial charge in [-0.05, 0) is 24.3 Å². The first-order chi connectivity index (χ1) is 9.69. The SMILES string of the molecule is COc1ccc(NCc2ccccn2)cc1OC(F)F. The molecule has 106 valence electrons. The van der Waals surface area contributed by atoms with Crippen LogP contribution in [0.4, 0.5) is 14.5 Å². The maximum absolute atomic E-state index is 12.3. The van der Waals surface area contributed by atoms with Crippen molar-refractivity contribution in [3.8, 4) is 11.5 Å². The van der Waals surface area contributed by atoms with Crippen LogP contribution in [0.1, 0.15) is 5.69 Å². The van der Waals surface area contributed by atoms with Crippen LogP contribution >= 0.6 is 0 Å². The van der Waals surface area contributed by atoms with Gasteiger partial charge in [0.25, 0.3) is 0 Å². The molecule has 20 heavy (non-hydrogen) atoms. The first-order valence-electron chi connectivity index (χ1n) is 5.95. The van der Waals surface area contributed by atoms with E-state index in [-0.39, 0.29) is 11.5 Å². The van der Waals surface area contributed by atoms with E-state index in [0.717, 1.165) is 5.69 Å². The minimum absolute atomic E-state index is 0.00600. The van der Waals surface area contributed by atoms with Crippen LogP contribution in [0.15, 0.2) is 42.6 Å². The number of pyridine rings is 1. The van der Waals surface area contributed by atoms with Crippen LogP contribution < -0.4 is 14.8 Å². The topological polar surface area (TPSA) is 43.4 Å². The van der Waals surface area contributed by atoms with E-state index in [2.05, 4.69) is 15.0 Å². The lowest BCUT2D eigenvalue weighted by molar-refractivity contribution is -0.0511. The summed E-state index contributed by atoms with van der Waals surface area (Å²) in [6, 6.07) is 10.3. The van der Waals surface area contributed by atoms with E-state index < -0.39 is 6.61 Å². The fraction of sp³-hybridized carbons (Fsp3) is 0.214. The number of benzene rings is 1. The molecule has 0 aliphatic rings. The number of rotatable bonds is 6. The molecule has 4 nitrogen and oxygen atoms in total. The maximum Gasteiger partial charge on any atom is 0.387 e. The lowest BCUT2D eigenvalue weighted by Gasteiger charge is -2.12. The largest absolute Gasteiger partial charge is 0.493 e. The van der Waals surface area contributed by atoms with Crippen molar-refractivity contribution in [2.75, 3.05) is 12.4 Å². The van der Waals surface area contributed by atoms with Gasteiger partial charge in [0.2, 0.25) is 0 Å². The summed E-state index contributed by atoms with van der Waals surface area (Å²) < 4.78 is 34.0. The number of methoxy groups -OCH3 is 1. The Bertz CT molecular complexity index is 550. The molecular weight excluding hydrogens is 266 g/mol. The van der Waals surface area contributed by atoms with Crippen LogP contribution in [-0.2, 0) is 6.54 Å². The monoisotopic (exact) mass is 280 g/mol. The second kappa shape index (κ2) is 6.70. The van der Waals surface area contributed by atoms with Gasteiger partial charge in [-0.1, -0.05) is 6.07 Å². The van der Waals surface area contributed by atoms with Gasteiger partial charge in [0.15, 0.2) is 11.5 Å². The van der Waals surface area contributed by atoms with Crippen molar-refractivity contribution in [3.63, 3.8) is 0 Å². The Hall–Kier alpha value is -2.37. The van der Waals surface area contributed by atoms with Gasteiger partial charge in [0, 0.05) is 18.0 Å². The molecule has 0 radical (unpaired) electrons. The molecule has 0 aliphatic heterocycles. The average Bonchev–Trinajstić information content (AvgIpc) is 2.46. The summed E-state index contributed by atoms with van der Waals surface area (Å²) in [7, 11) is 1.40. The normalized spacial score (nSPS) is 10.4. The number of hydrogen-bond donors (Lipinski definition) is 1. The Kier molecular flexibility index (Phi) is 4.70. The van der Waals surface area contributed by atoms with Gasteiger partial charge in [-0.3, -0.25) is 4.98 Å². The maximum atomic E-state index is 12.3. The molecule has 6 heteroatoms. The summed E-state index contributed by atoms with van der Waals surface area (Å²) in [5.74, 6) is 0.252. The second-order valence-electron chi connectivity index (χ2n) is 3.92. The molecule has 0 bridgehead atoms. The van der Waals surface area contributed by atoms with Crippen LogP contribution in [0.2, 0.25) is 0 Å². The van der Waals surface area contributed by atoms with Crippen LogP contribution in [0.5, 0.6) is 11.5 Å². The minimum atomic E-state index is -2.89. The van der Waals surface area contributed by atoms with Gasteiger partial charge in [-0.15, -0.1) is 0 Å².